The molecule has 2 aliphatic rings. The van der Waals surface area contributed by atoms with Crippen molar-refractivity contribution in [1.82, 2.24) is 15.5 Å². The maximum absolute atomic E-state index is 13.5. The summed E-state index contributed by atoms with van der Waals surface area (Å²) >= 11 is 0. The molecule has 1 fully saturated rings. The Morgan fingerprint density at radius 2 is 1.86 bits per heavy atom. The van der Waals surface area contributed by atoms with E-state index >= 15 is 0 Å². The van der Waals surface area contributed by atoms with Crippen LogP contribution in [0.25, 0.3) is 0 Å². The minimum atomic E-state index is -0.435. The van der Waals surface area contributed by atoms with Gasteiger partial charge in [-0.25, -0.2) is 0 Å². The van der Waals surface area contributed by atoms with Crippen LogP contribution in [0.5, 0.6) is 5.75 Å². The van der Waals surface area contributed by atoms with Crippen molar-refractivity contribution in [3.8, 4) is 5.75 Å². The normalized spacial score (nSPS) is 22.9. The molecule has 0 saturated carbocycles. The van der Waals surface area contributed by atoms with Gasteiger partial charge in [-0.2, -0.15) is 0 Å². The smallest absolute Gasteiger partial charge is 0.251 e. The molecular formula is C30H40N4O3. The van der Waals surface area contributed by atoms with Crippen LogP contribution in [-0.4, -0.2) is 33.8 Å². The summed E-state index contributed by atoms with van der Waals surface area (Å²) in [7, 11) is 0. The molecule has 198 valence electrons. The summed E-state index contributed by atoms with van der Waals surface area (Å²) < 4.78 is 6.22. The average molecular weight is 505 g/mol. The molecule has 1 unspecified atom stereocenters. The van der Waals surface area contributed by atoms with Gasteiger partial charge in [0.05, 0.1) is 18.5 Å². The quantitative estimate of drug-likeness (QED) is 0.449. The van der Waals surface area contributed by atoms with E-state index in [2.05, 4.69) is 17.6 Å². The number of nitrogens with one attached hydrogen (secondary N) is 3. The average Bonchev–Trinajstić information content (AvgIpc) is 2.88. The number of carbonyl (C=O) groups excluding carboxylic acids is 2. The number of nitrogens with zero attached hydrogens (tertiary/aromatic N) is 1. The molecule has 4 rings (SSSR count). The second-order valence-corrected chi connectivity index (χ2v) is 10.9. The van der Waals surface area contributed by atoms with E-state index in [4.69, 9.17) is 10.1 Å². The third-order valence-electron chi connectivity index (χ3n) is 8.48. The highest BCUT2D eigenvalue weighted by molar-refractivity contribution is 6.00. The highest BCUT2D eigenvalue weighted by Gasteiger charge is 2.43. The number of guanidine groups is 1. The standard InChI is InChI=1S/C30H40N4O3/c1-7-23(34-25(35)18-30(8-2,9-3)33-28(34)31)20-13-12-14-21(17-20)27(36)32-26-19(4)29(5,6)37-24-16-11-10-15-22(24)26/h10-17,19,23,26H,7-9,18H2,1-6H3,(H2,31,33)(H,32,36)/t19-,23?,26-/m0/s1. The Hall–Kier alpha value is -3.35. The number of hydrogen-bond donors (Lipinski definition) is 3. The molecule has 2 aromatic rings. The monoisotopic (exact) mass is 504 g/mol. The molecule has 2 aromatic carbocycles. The number of carbonyl (C=O) groups is 2. The largest absolute Gasteiger partial charge is 0.487 e. The highest BCUT2D eigenvalue weighted by atomic mass is 16.5. The van der Waals surface area contributed by atoms with E-state index in [9.17, 15) is 9.59 Å². The molecule has 37 heavy (non-hydrogen) atoms. The number of benzene rings is 2. The van der Waals surface area contributed by atoms with Crippen molar-refractivity contribution in [2.75, 3.05) is 0 Å². The van der Waals surface area contributed by atoms with Crippen LogP contribution in [0.15, 0.2) is 48.5 Å². The van der Waals surface area contributed by atoms with Crippen LogP contribution in [0.3, 0.4) is 0 Å². The number of amides is 2. The minimum Gasteiger partial charge on any atom is -0.487 e. The van der Waals surface area contributed by atoms with Gasteiger partial charge in [0.1, 0.15) is 11.4 Å². The van der Waals surface area contributed by atoms with E-state index in [0.29, 0.717) is 18.4 Å². The maximum Gasteiger partial charge on any atom is 0.251 e. The summed E-state index contributed by atoms with van der Waals surface area (Å²) in [5.74, 6) is 0.754. The first-order chi connectivity index (χ1) is 17.6. The zero-order valence-electron chi connectivity index (χ0n) is 22.9. The van der Waals surface area contributed by atoms with Crippen LogP contribution in [-0.2, 0) is 4.79 Å². The number of hydrogen-bond acceptors (Lipinski definition) is 4. The molecule has 7 heteroatoms. The van der Waals surface area contributed by atoms with Gasteiger partial charge < -0.3 is 15.4 Å². The van der Waals surface area contributed by atoms with Gasteiger partial charge >= 0.3 is 0 Å². The lowest BCUT2D eigenvalue weighted by Crippen LogP contribution is -2.62. The van der Waals surface area contributed by atoms with E-state index in [-0.39, 0.29) is 41.3 Å². The predicted octanol–water partition coefficient (Wildman–Crippen LogP) is 5.73. The molecule has 0 aliphatic carbocycles. The summed E-state index contributed by atoms with van der Waals surface area (Å²) in [5.41, 5.74) is 1.55. The van der Waals surface area contributed by atoms with Crippen molar-refractivity contribution >= 4 is 17.8 Å². The van der Waals surface area contributed by atoms with Gasteiger partial charge in [-0.05, 0) is 56.9 Å². The first kappa shape index (κ1) is 26.7. The molecule has 0 bridgehead atoms. The molecule has 0 aromatic heterocycles. The minimum absolute atomic E-state index is 0.0489. The highest BCUT2D eigenvalue weighted by Crippen LogP contribution is 2.43. The van der Waals surface area contributed by atoms with Crippen molar-refractivity contribution in [3.05, 3.63) is 65.2 Å². The third kappa shape index (κ3) is 4.96. The molecule has 2 heterocycles. The van der Waals surface area contributed by atoms with Gasteiger partial charge in [-0.15, -0.1) is 0 Å². The second-order valence-electron chi connectivity index (χ2n) is 10.9. The second kappa shape index (κ2) is 10.2. The Balaban J connectivity index is 1.59. The molecule has 2 amide bonds. The van der Waals surface area contributed by atoms with Crippen molar-refractivity contribution < 1.29 is 14.3 Å². The Labute approximate surface area is 220 Å². The summed E-state index contributed by atoms with van der Waals surface area (Å²) in [6.45, 7) is 12.3. The van der Waals surface area contributed by atoms with Crippen LogP contribution >= 0.6 is 0 Å². The lowest BCUT2D eigenvalue weighted by Gasteiger charge is -2.44. The molecular weight excluding hydrogens is 464 g/mol. The van der Waals surface area contributed by atoms with Crippen molar-refractivity contribution in [1.29, 1.82) is 5.41 Å². The summed E-state index contributed by atoms with van der Waals surface area (Å²) in [6, 6.07) is 14.8. The van der Waals surface area contributed by atoms with Crippen LogP contribution in [0.1, 0.15) is 101 Å². The summed E-state index contributed by atoms with van der Waals surface area (Å²) in [6.07, 6.45) is 2.55. The van der Waals surface area contributed by atoms with Crippen LogP contribution in [0.4, 0.5) is 0 Å². The van der Waals surface area contributed by atoms with Crippen LogP contribution in [0.2, 0.25) is 0 Å². The van der Waals surface area contributed by atoms with Crippen molar-refractivity contribution in [2.24, 2.45) is 5.92 Å². The van der Waals surface area contributed by atoms with Crippen LogP contribution < -0.4 is 15.4 Å². The maximum atomic E-state index is 13.5. The molecule has 1 saturated heterocycles. The van der Waals surface area contributed by atoms with E-state index in [1.54, 1.807) is 11.0 Å². The summed E-state index contributed by atoms with van der Waals surface area (Å²) in [4.78, 5) is 28.3. The molecule has 2 aliphatic heterocycles. The Kier molecular flexibility index (Phi) is 7.36. The van der Waals surface area contributed by atoms with E-state index in [1.807, 2.05) is 77.1 Å². The van der Waals surface area contributed by atoms with Gasteiger partial charge in [-0.1, -0.05) is 58.0 Å². The van der Waals surface area contributed by atoms with Gasteiger partial charge in [-0.3, -0.25) is 19.9 Å². The zero-order valence-corrected chi connectivity index (χ0v) is 22.9. The Bertz CT molecular complexity index is 1170. The predicted molar refractivity (Wildman–Crippen MR) is 146 cm³/mol. The van der Waals surface area contributed by atoms with Gasteiger partial charge in [0.2, 0.25) is 5.91 Å². The fraction of sp³-hybridized carbons (Fsp3) is 0.500. The first-order valence-corrected chi connectivity index (χ1v) is 13.4. The van der Waals surface area contributed by atoms with Crippen LogP contribution in [0, 0.1) is 11.3 Å². The van der Waals surface area contributed by atoms with Gasteiger partial charge in [0.15, 0.2) is 5.96 Å². The fourth-order valence-electron chi connectivity index (χ4n) is 5.62. The van der Waals surface area contributed by atoms with Crippen molar-refractivity contribution in [3.63, 3.8) is 0 Å². The van der Waals surface area contributed by atoms with Gasteiger partial charge in [0.25, 0.3) is 5.91 Å². The zero-order chi connectivity index (χ0) is 27.0. The first-order valence-electron chi connectivity index (χ1n) is 13.4. The number of ether oxygens (including phenoxy) is 1. The topological polar surface area (TPSA) is 94.5 Å². The molecule has 0 spiro atoms. The Morgan fingerprint density at radius 3 is 2.51 bits per heavy atom. The number of para-hydroxylation sites is 1. The third-order valence-corrected chi connectivity index (χ3v) is 8.48. The lowest BCUT2D eigenvalue weighted by molar-refractivity contribution is -0.132. The van der Waals surface area contributed by atoms with E-state index in [0.717, 1.165) is 29.7 Å². The van der Waals surface area contributed by atoms with Gasteiger partial charge in [0, 0.05) is 22.6 Å². The fourth-order valence-corrected chi connectivity index (χ4v) is 5.62. The molecule has 3 N–H and O–H groups in total. The van der Waals surface area contributed by atoms with E-state index < -0.39 is 5.60 Å². The SMILES string of the molecule is CCC(c1cccc(C(=O)N[C@@H]2c3ccccc3OC(C)(C)[C@H]2C)c1)N1C(=N)NC(CC)(CC)CC1=O. The lowest BCUT2D eigenvalue weighted by atomic mass is 9.79. The molecule has 3 atom stereocenters. The molecule has 0 radical (unpaired) electrons. The molecule has 7 nitrogen and oxygen atoms in total. The number of rotatable bonds is 7. The Morgan fingerprint density at radius 1 is 1.16 bits per heavy atom. The van der Waals surface area contributed by atoms with E-state index in [1.165, 1.54) is 0 Å². The summed E-state index contributed by atoms with van der Waals surface area (Å²) in [5, 5.41) is 15.2. The number of fused-ring (bicyclic) bond motifs is 1. The van der Waals surface area contributed by atoms with Crippen molar-refractivity contribution in [2.45, 2.75) is 90.4 Å².